The Bertz CT molecular complexity index is 1960. The minimum atomic E-state index is -1.08. The van der Waals surface area contributed by atoms with Crippen molar-refractivity contribution < 1.29 is 19.4 Å². The molecule has 1 N–H and O–H groups in total. The molecule has 0 spiro atoms. The van der Waals surface area contributed by atoms with Gasteiger partial charge in [0.2, 0.25) is 0 Å². The standard InChI is InChI=1S/C36H27NO4/c38-35(39)34-27-13-7-5-11-24(27)19-33(37-34)31-20-30-25(18-32(31)36(40)41-21-22-8-2-1-3-9-22)15-17-28-26-12-6-4-10-23(26)14-16-29(28)30/h1-17,19,31-32H,18,20-21H2,(H,38,39)/t31-,32?/m0/s1. The van der Waals surface area contributed by atoms with Crippen LogP contribution in [0.4, 0.5) is 0 Å². The zero-order chi connectivity index (χ0) is 27.9. The van der Waals surface area contributed by atoms with Crippen LogP contribution in [0, 0.1) is 5.92 Å². The summed E-state index contributed by atoms with van der Waals surface area (Å²) in [5.41, 5.74) is 3.82. The average Bonchev–Trinajstić information content (AvgIpc) is 3.02. The number of aromatic nitrogens is 1. The summed E-state index contributed by atoms with van der Waals surface area (Å²) in [5, 5.41) is 16.1. The first kappa shape index (κ1) is 25.0. The maximum atomic E-state index is 13.7. The third kappa shape index (κ3) is 4.49. The summed E-state index contributed by atoms with van der Waals surface area (Å²) in [6.07, 6.45) is 1.05. The lowest BCUT2D eigenvalue weighted by molar-refractivity contribution is -0.151. The highest BCUT2D eigenvalue weighted by molar-refractivity contribution is 6.09. The molecule has 1 aliphatic rings. The molecule has 1 unspecified atom stereocenters. The third-order valence-corrected chi connectivity index (χ3v) is 8.35. The van der Waals surface area contributed by atoms with Crippen LogP contribution in [0.3, 0.4) is 0 Å². The third-order valence-electron chi connectivity index (χ3n) is 8.35. The van der Waals surface area contributed by atoms with Crippen molar-refractivity contribution >= 4 is 44.3 Å². The van der Waals surface area contributed by atoms with Gasteiger partial charge < -0.3 is 9.84 Å². The van der Waals surface area contributed by atoms with E-state index in [0.29, 0.717) is 23.9 Å². The number of aromatic carboxylic acids is 1. The van der Waals surface area contributed by atoms with Crippen molar-refractivity contribution in [1.29, 1.82) is 0 Å². The number of pyridine rings is 1. The van der Waals surface area contributed by atoms with E-state index in [0.717, 1.165) is 21.9 Å². The van der Waals surface area contributed by atoms with Gasteiger partial charge in [-0.15, -0.1) is 0 Å². The smallest absolute Gasteiger partial charge is 0.355 e. The number of carboxylic acids is 1. The summed E-state index contributed by atoms with van der Waals surface area (Å²) in [6, 6.07) is 35.9. The lowest BCUT2D eigenvalue weighted by Crippen LogP contribution is -2.32. The molecular weight excluding hydrogens is 510 g/mol. The largest absolute Gasteiger partial charge is 0.476 e. The van der Waals surface area contributed by atoms with E-state index in [2.05, 4.69) is 47.4 Å². The zero-order valence-electron chi connectivity index (χ0n) is 22.3. The first-order chi connectivity index (χ1) is 20.1. The maximum Gasteiger partial charge on any atom is 0.355 e. The highest BCUT2D eigenvalue weighted by Gasteiger charge is 2.38. The van der Waals surface area contributed by atoms with Crippen molar-refractivity contribution in [3.8, 4) is 0 Å². The number of carbonyl (C=O) groups excluding carboxylic acids is 1. The number of hydrogen-bond donors (Lipinski definition) is 1. The number of esters is 1. The number of carbonyl (C=O) groups is 2. The van der Waals surface area contributed by atoms with Crippen LogP contribution in [-0.4, -0.2) is 22.0 Å². The molecular formula is C36H27NO4. The van der Waals surface area contributed by atoms with Gasteiger partial charge in [-0.2, -0.15) is 0 Å². The van der Waals surface area contributed by atoms with Crippen LogP contribution in [0.5, 0.6) is 0 Å². The lowest BCUT2D eigenvalue weighted by Gasteiger charge is -2.32. The van der Waals surface area contributed by atoms with E-state index in [4.69, 9.17) is 4.74 Å². The Morgan fingerprint density at radius 2 is 1.44 bits per heavy atom. The van der Waals surface area contributed by atoms with Gasteiger partial charge in [-0.1, -0.05) is 103 Å². The molecule has 41 heavy (non-hydrogen) atoms. The lowest BCUT2D eigenvalue weighted by atomic mass is 9.72. The first-order valence-electron chi connectivity index (χ1n) is 13.8. The van der Waals surface area contributed by atoms with Crippen LogP contribution in [-0.2, 0) is 29.0 Å². The van der Waals surface area contributed by atoms with Crippen molar-refractivity contribution in [2.45, 2.75) is 25.4 Å². The molecule has 0 saturated heterocycles. The monoisotopic (exact) mass is 537 g/mol. The van der Waals surface area contributed by atoms with E-state index < -0.39 is 11.9 Å². The molecule has 6 aromatic rings. The predicted octanol–water partition coefficient (Wildman–Crippen LogP) is 7.48. The number of hydrogen-bond acceptors (Lipinski definition) is 4. The molecule has 0 saturated carbocycles. The van der Waals surface area contributed by atoms with Gasteiger partial charge in [-0.25, -0.2) is 9.78 Å². The summed E-state index contributed by atoms with van der Waals surface area (Å²) in [4.78, 5) is 30.7. The van der Waals surface area contributed by atoms with Crippen LogP contribution in [0.2, 0.25) is 0 Å². The van der Waals surface area contributed by atoms with Gasteiger partial charge in [0.1, 0.15) is 6.61 Å². The van der Waals surface area contributed by atoms with Crippen molar-refractivity contribution in [1.82, 2.24) is 4.98 Å². The number of nitrogens with zero attached hydrogens (tertiary/aromatic N) is 1. The Morgan fingerprint density at radius 1 is 0.732 bits per heavy atom. The molecule has 0 amide bonds. The minimum absolute atomic E-state index is 0.00390. The SMILES string of the molecule is O=C(O)c1nc([C@H]2Cc3c(ccc4c3ccc3ccccc34)CC2C(=O)OCc2ccccc2)cc2ccccc12. The summed E-state index contributed by atoms with van der Waals surface area (Å²) in [6.45, 7) is 0.186. The highest BCUT2D eigenvalue weighted by Crippen LogP contribution is 2.42. The minimum Gasteiger partial charge on any atom is -0.476 e. The van der Waals surface area contributed by atoms with Crippen molar-refractivity contribution in [3.05, 3.63) is 137 Å². The Labute approximate surface area is 237 Å². The number of ether oxygens (including phenoxy) is 1. The number of benzene rings is 5. The molecule has 1 aliphatic carbocycles. The summed E-state index contributed by atoms with van der Waals surface area (Å²) in [5.74, 6) is -2.22. The molecule has 5 heteroatoms. The molecule has 0 radical (unpaired) electrons. The fraction of sp³-hybridized carbons (Fsp3) is 0.139. The van der Waals surface area contributed by atoms with E-state index in [1.54, 1.807) is 6.07 Å². The van der Waals surface area contributed by atoms with Gasteiger partial charge >= 0.3 is 11.9 Å². The van der Waals surface area contributed by atoms with E-state index in [-0.39, 0.29) is 24.2 Å². The molecule has 2 atom stereocenters. The molecule has 200 valence electrons. The molecule has 5 aromatic carbocycles. The quantitative estimate of drug-likeness (QED) is 0.182. The topological polar surface area (TPSA) is 76.5 Å². The number of fused-ring (bicyclic) bond motifs is 6. The zero-order valence-corrected chi connectivity index (χ0v) is 22.3. The van der Waals surface area contributed by atoms with E-state index in [1.807, 2.05) is 60.7 Å². The molecule has 0 bridgehead atoms. The normalized spacial score (nSPS) is 16.5. The highest BCUT2D eigenvalue weighted by atomic mass is 16.5. The van der Waals surface area contributed by atoms with Crippen LogP contribution in [0.15, 0.2) is 109 Å². The molecule has 0 aliphatic heterocycles. The molecule has 0 fully saturated rings. The summed E-state index contributed by atoms with van der Waals surface area (Å²) in [7, 11) is 0. The first-order valence-corrected chi connectivity index (χ1v) is 13.8. The maximum absolute atomic E-state index is 13.7. The Balaban J connectivity index is 1.36. The second-order valence-electron chi connectivity index (χ2n) is 10.7. The molecule has 1 aromatic heterocycles. The summed E-state index contributed by atoms with van der Waals surface area (Å²) >= 11 is 0. The fourth-order valence-electron chi connectivity index (χ4n) is 6.34. The van der Waals surface area contributed by atoms with Gasteiger partial charge in [-0.3, -0.25) is 4.79 Å². The van der Waals surface area contributed by atoms with Crippen LogP contribution < -0.4 is 0 Å². The second kappa shape index (κ2) is 10.2. The number of rotatable bonds is 5. The summed E-state index contributed by atoms with van der Waals surface area (Å²) < 4.78 is 5.86. The van der Waals surface area contributed by atoms with Crippen LogP contribution in [0.25, 0.3) is 32.3 Å². The molecule has 5 nitrogen and oxygen atoms in total. The second-order valence-corrected chi connectivity index (χ2v) is 10.7. The fourth-order valence-corrected chi connectivity index (χ4v) is 6.34. The van der Waals surface area contributed by atoms with E-state index in [9.17, 15) is 14.7 Å². The van der Waals surface area contributed by atoms with Gasteiger partial charge in [0.05, 0.1) is 5.92 Å². The average molecular weight is 538 g/mol. The molecule has 7 rings (SSSR count). The predicted molar refractivity (Wildman–Crippen MR) is 160 cm³/mol. The van der Waals surface area contributed by atoms with Crippen molar-refractivity contribution in [3.63, 3.8) is 0 Å². The van der Waals surface area contributed by atoms with Crippen LogP contribution in [0.1, 0.15) is 38.8 Å². The molecule has 1 heterocycles. The van der Waals surface area contributed by atoms with Gasteiger partial charge in [0.25, 0.3) is 0 Å². The van der Waals surface area contributed by atoms with E-state index in [1.165, 1.54) is 21.7 Å². The van der Waals surface area contributed by atoms with E-state index >= 15 is 0 Å². The van der Waals surface area contributed by atoms with Crippen LogP contribution >= 0.6 is 0 Å². The Kier molecular flexibility index (Phi) is 6.20. The van der Waals surface area contributed by atoms with Crippen molar-refractivity contribution in [2.75, 3.05) is 0 Å². The van der Waals surface area contributed by atoms with Crippen molar-refractivity contribution in [2.24, 2.45) is 5.92 Å². The number of carboxylic acid groups (broad SMARTS) is 1. The Hall–Kier alpha value is -5.03. The van der Waals surface area contributed by atoms with Gasteiger partial charge in [-0.05, 0) is 62.5 Å². The van der Waals surface area contributed by atoms with Gasteiger partial charge in [0, 0.05) is 17.0 Å². The van der Waals surface area contributed by atoms with Gasteiger partial charge in [0.15, 0.2) is 5.69 Å². The Morgan fingerprint density at radius 3 is 2.24 bits per heavy atom.